The fourth-order valence-corrected chi connectivity index (χ4v) is 2.58. The van der Waals surface area contributed by atoms with E-state index in [4.69, 9.17) is 5.11 Å². The highest BCUT2D eigenvalue weighted by molar-refractivity contribution is 5.85. The Labute approximate surface area is 107 Å². The van der Waals surface area contributed by atoms with Gasteiger partial charge < -0.3 is 10.4 Å². The predicted molar refractivity (Wildman–Crippen MR) is 70.8 cm³/mol. The van der Waals surface area contributed by atoms with Crippen LogP contribution in [0.25, 0.3) is 0 Å². The van der Waals surface area contributed by atoms with Crippen LogP contribution in [-0.2, 0) is 0 Å². The molecular weight excluding hydrogens is 228 g/mol. The van der Waals surface area contributed by atoms with Crippen LogP contribution in [0, 0.1) is 11.8 Å². The molecule has 0 bridgehead atoms. The average molecular weight is 248 g/mol. The number of nitrogens with one attached hydrogen (secondary N) is 1. The summed E-state index contributed by atoms with van der Waals surface area (Å²) in [6.07, 6.45) is 5.20. The number of anilines is 1. The van der Waals surface area contributed by atoms with Crippen LogP contribution in [0.2, 0.25) is 0 Å². The van der Waals surface area contributed by atoms with E-state index >= 15 is 0 Å². The largest absolute Gasteiger partial charge is 0.477 e. The second-order valence-electron chi connectivity index (χ2n) is 5.12. The monoisotopic (exact) mass is 248 g/mol. The van der Waals surface area contributed by atoms with Crippen LogP contribution in [0.3, 0.4) is 0 Å². The van der Waals surface area contributed by atoms with Gasteiger partial charge in [-0.2, -0.15) is 0 Å². The Balaban J connectivity index is 1.93. The van der Waals surface area contributed by atoms with Gasteiger partial charge in [-0.3, -0.25) is 0 Å². The summed E-state index contributed by atoms with van der Waals surface area (Å²) in [5.41, 5.74) is 0.0942. The van der Waals surface area contributed by atoms with E-state index in [1.54, 1.807) is 6.07 Å². The van der Waals surface area contributed by atoms with E-state index in [0.29, 0.717) is 11.7 Å². The number of hydrogen-bond acceptors (Lipinski definition) is 3. The van der Waals surface area contributed by atoms with Crippen LogP contribution in [0.5, 0.6) is 0 Å². The molecule has 0 aliphatic heterocycles. The van der Waals surface area contributed by atoms with E-state index in [9.17, 15) is 4.79 Å². The lowest BCUT2D eigenvalue weighted by Gasteiger charge is -2.28. The molecule has 1 aliphatic rings. The highest BCUT2D eigenvalue weighted by Gasteiger charge is 2.20. The van der Waals surface area contributed by atoms with Crippen molar-refractivity contribution < 1.29 is 9.90 Å². The van der Waals surface area contributed by atoms with Gasteiger partial charge in [-0.05, 0) is 30.4 Å². The highest BCUT2D eigenvalue weighted by Crippen LogP contribution is 2.29. The topological polar surface area (TPSA) is 62.2 Å². The first-order valence-corrected chi connectivity index (χ1v) is 6.61. The van der Waals surface area contributed by atoms with Gasteiger partial charge in [-0.1, -0.05) is 32.3 Å². The van der Waals surface area contributed by atoms with Crippen molar-refractivity contribution >= 4 is 11.8 Å². The number of carboxylic acid groups (broad SMARTS) is 1. The normalized spacial score (nSPS) is 23.6. The van der Waals surface area contributed by atoms with Crippen molar-refractivity contribution in [3.63, 3.8) is 0 Å². The Bertz CT molecular complexity index is 420. The van der Waals surface area contributed by atoms with Crippen molar-refractivity contribution in [2.24, 2.45) is 11.8 Å². The van der Waals surface area contributed by atoms with Gasteiger partial charge in [0.1, 0.15) is 5.82 Å². The molecule has 2 atom stereocenters. The number of aromatic nitrogens is 1. The number of pyridine rings is 1. The number of hydrogen-bond donors (Lipinski definition) is 2. The summed E-state index contributed by atoms with van der Waals surface area (Å²) < 4.78 is 0. The molecule has 1 aliphatic carbocycles. The Morgan fingerprint density at radius 3 is 2.94 bits per heavy atom. The minimum atomic E-state index is -0.982. The summed E-state index contributed by atoms with van der Waals surface area (Å²) >= 11 is 0. The quantitative estimate of drug-likeness (QED) is 0.859. The molecule has 98 valence electrons. The van der Waals surface area contributed by atoms with E-state index in [0.717, 1.165) is 12.5 Å². The second-order valence-corrected chi connectivity index (χ2v) is 5.12. The summed E-state index contributed by atoms with van der Waals surface area (Å²) in [6.45, 7) is 3.18. The zero-order valence-electron chi connectivity index (χ0n) is 10.7. The standard InChI is InChI=1S/C14H20N2O2/c1-10-5-2-3-6-11(10)9-15-13-8-4-7-12(16-13)14(17)18/h4,7-8,10-11H,2-3,5-6,9H2,1H3,(H,15,16)(H,17,18). The minimum absolute atomic E-state index is 0.0942. The Hall–Kier alpha value is -1.58. The number of aromatic carboxylic acids is 1. The fraction of sp³-hybridized carbons (Fsp3) is 0.571. The Morgan fingerprint density at radius 1 is 1.44 bits per heavy atom. The van der Waals surface area contributed by atoms with Crippen LogP contribution >= 0.6 is 0 Å². The third kappa shape index (κ3) is 3.22. The van der Waals surface area contributed by atoms with Crippen LogP contribution in [0.1, 0.15) is 43.1 Å². The van der Waals surface area contributed by atoms with Gasteiger partial charge in [0.05, 0.1) is 0 Å². The van der Waals surface area contributed by atoms with Gasteiger partial charge in [0.25, 0.3) is 0 Å². The van der Waals surface area contributed by atoms with Crippen LogP contribution < -0.4 is 5.32 Å². The van der Waals surface area contributed by atoms with Crippen molar-refractivity contribution in [2.75, 3.05) is 11.9 Å². The maximum absolute atomic E-state index is 10.8. The molecule has 0 amide bonds. The summed E-state index contributed by atoms with van der Waals surface area (Å²) in [7, 11) is 0. The van der Waals surface area contributed by atoms with E-state index < -0.39 is 5.97 Å². The molecule has 1 aromatic rings. The van der Waals surface area contributed by atoms with E-state index in [-0.39, 0.29) is 5.69 Å². The molecule has 2 N–H and O–H groups in total. The molecule has 1 heterocycles. The van der Waals surface area contributed by atoms with Gasteiger partial charge in [0, 0.05) is 6.54 Å². The minimum Gasteiger partial charge on any atom is -0.477 e. The molecule has 4 heteroatoms. The van der Waals surface area contributed by atoms with Crippen molar-refractivity contribution in [1.29, 1.82) is 0 Å². The van der Waals surface area contributed by atoms with Gasteiger partial charge in [-0.15, -0.1) is 0 Å². The highest BCUT2D eigenvalue weighted by atomic mass is 16.4. The predicted octanol–water partition coefficient (Wildman–Crippen LogP) is 3.02. The number of nitrogens with zero attached hydrogens (tertiary/aromatic N) is 1. The summed E-state index contributed by atoms with van der Waals surface area (Å²) in [5, 5.41) is 12.1. The van der Waals surface area contributed by atoms with Crippen LogP contribution in [0.4, 0.5) is 5.82 Å². The molecule has 2 rings (SSSR count). The van der Waals surface area contributed by atoms with Gasteiger partial charge in [0.15, 0.2) is 5.69 Å². The lowest BCUT2D eigenvalue weighted by molar-refractivity contribution is 0.0690. The lowest BCUT2D eigenvalue weighted by atomic mass is 9.80. The number of carboxylic acids is 1. The molecule has 2 unspecified atom stereocenters. The van der Waals surface area contributed by atoms with Crippen LogP contribution in [-0.4, -0.2) is 22.6 Å². The zero-order valence-corrected chi connectivity index (χ0v) is 10.7. The average Bonchev–Trinajstić information content (AvgIpc) is 2.38. The van der Waals surface area contributed by atoms with E-state index in [2.05, 4.69) is 17.2 Å². The lowest BCUT2D eigenvalue weighted by Crippen LogP contribution is -2.24. The van der Waals surface area contributed by atoms with Crippen LogP contribution in [0.15, 0.2) is 18.2 Å². The molecule has 1 fully saturated rings. The number of carbonyl (C=O) groups is 1. The SMILES string of the molecule is CC1CCCCC1CNc1cccc(C(=O)O)n1. The summed E-state index contributed by atoms with van der Waals surface area (Å²) in [4.78, 5) is 14.9. The second kappa shape index (κ2) is 5.85. The van der Waals surface area contributed by atoms with Gasteiger partial charge in [0.2, 0.25) is 0 Å². The molecule has 0 spiro atoms. The smallest absolute Gasteiger partial charge is 0.354 e. The Morgan fingerprint density at radius 2 is 2.22 bits per heavy atom. The first-order chi connectivity index (χ1) is 8.66. The fourth-order valence-electron chi connectivity index (χ4n) is 2.58. The molecule has 18 heavy (non-hydrogen) atoms. The molecule has 0 radical (unpaired) electrons. The van der Waals surface area contributed by atoms with E-state index in [1.807, 2.05) is 6.07 Å². The van der Waals surface area contributed by atoms with Gasteiger partial charge >= 0.3 is 5.97 Å². The molecule has 0 saturated heterocycles. The maximum Gasteiger partial charge on any atom is 0.354 e. The zero-order chi connectivity index (χ0) is 13.0. The molecular formula is C14H20N2O2. The molecule has 0 aromatic carbocycles. The number of rotatable bonds is 4. The maximum atomic E-state index is 10.8. The molecule has 1 saturated carbocycles. The van der Waals surface area contributed by atoms with Crippen molar-refractivity contribution in [2.45, 2.75) is 32.6 Å². The third-order valence-corrected chi connectivity index (χ3v) is 3.80. The third-order valence-electron chi connectivity index (χ3n) is 3.80. The van der Waals surface area contributed by atoms with Crippen molar-refractivity contribution in [3.05, 3.63) is 23.9 Å². The first-order valence-electron chi connectivity index (χ1n) is 6.61. The molecule has 1 aromatic heterocycles. The van der Waals surface area contributed by atoms with Crippen molar-refractivity contribution in [3.8, 4) is 0 Å². The van der Waals surface area contributed by atoms with E-state index in [1.165, 1.54) is 31.7 Å². The van der Waals surface area contributed by atoms with Crippen molar-refractivity contribution in [1.82, 2.24) is 4.98 Å². The first kappa shape index (κ1) is 12.9. The Kier molecular flexibility index (Phi) is 4.18. The summed E-state index contributed by atoms with van der Waals surface area (Å²) in [6, 6.07) is 5.06. The van der Waals surface area contributed by atoms with Gasteiger partial charge in [-0.25, -0.2) is 9.78 Å². The molecule has 4 nitrogen and oxygen atoms in total. The summed E-state index contributed by atoms with van der Waals surface area (Å²) in [5.74, 6) is 1.10.